The lowest BCUT2D eigenvalue weighted by atomic mass is 9.78. The Morgan fingerprint density at radius 2 is 1.93 bits per heavy atom. The number of rotatable bonds is 7. The summed E-state index contributed by atoms with van der Waals surface area (Å²) in [6.07, 6.45) is -1.10. The van der Waals surface area contributed by atoms with Crippen molar-refractivity contribution in [1.82, 2.24) is 9.88 Å². The number of alkyl halides is 3. The van der Waals surface area contributed by atoms with E-state index in [9.17, 15) is 26.0 Å². The van der Waals surface area contributed by atoms with E-state index in [4.69, 9.17) is 21.5 Å². The van der Waals surface area contributed by atoms with Gasteiger partial charge in [0.2, 0.25) is 0 Å². The molecule has 1 fully saturated rings. The van der Waals surface area contributed by atoms with Gasteiger partial charge in [-0.25, -0.2) is 17.8 Å². The van der Waals surface area contributed by atoms with Crippen LogP contribution in [-0.4, -0.2) is 56.1 Å². The number of anilines is 1. The fourth-order valence-electron chi connectivity index (χ4n) is 4.80. The third-order valence-corrected chi connectivity index (χ3v) is 9.57. The molecule has 0 aliphatic heterocycles. The monoisotopic (exact) mass is 621 g/mol. The van der Waals surface area contributed by atoms with Gasteiger partial charge in [0.05, 0.1) is 16.3 Å². The molecule has 7 nitrogen and oxygen atoms in total. The van der Waals surface area contributed by atoms with E-state index in [0.717, 1.165) is 18.2 Å². The molecule has 0 unspecified atom stereocenters. The van der Waals surface area contributed by atoms with Crippen LogP contribution >= 0.6 is 22.9 Å². The van der Waals surface area contributed by atoms with Gasteiger partial charge < -0.3 is 15.3 Å². The summed E-state index contributed by atoms with van der Waals surface area (Å²) < 4.78 is 80.1. The highest BCUT2D eigenvalue weighted by atomic mass is 35.5. The Hall–Kier alpha value is -2.74. The van der Waals surface area contributed by atoms with Crippen molar-refractivity contribution in [2.24, 2.45) is 0 Å². The van der Waals surface area contributed by atoms with E-state index in [1.54, 1.807) is 11.4 Å². The van der Waals surface area contributed by atoms with Crippen molar-refractivity contribution in [3.8, 4) is 0 Å². The Morgan fingerprint density at radius 3 is 2.52 bits per heavy atom. The molecule has 0 bridgehead atoms. The maximum atomic E-state index is 15.0. The van der Waals surface area contributed by atoms with Crippen molar-refractivity contribution < 1.29 is 35.9 Å². The number of likely N-dealkylation sites (N-methyl/N-ethyl adjacent to an activating group) is 1. The molecule has 1 aliphatic carbocycles. The predicted octanol–water partition coefficient (Wildman–Crippen LogP) is 6.31. The summed E-state index contributed by atoms with van der Waals surface area (Å²) in [5.41, 5.74) is 0.236. The summed E-state index contributed by atoms with van der Waals surface area (Å²) in [5, 5.41) is 12.2. The molecular weight excluding hydrogens is 594 g/mol. The second kappa shape index (κ2) is 13.3. The van der Waals surface area contributed by atoms with Crippen LogP contribution in [0.2, 0.25) is 5.02 Å². The lowest BCUT2D eigenvalue weighted by Crippen LogP contribution is -2.47. The highest BCUT2D eigenvalue weighted by Crippen LogP contribution is 2.39. The van der Waals surface area contributed by atoms with Crippen LogP contribution < -0.4 is 5.32 Å². The van der Waals surface area contributed by atoms with E-state index in [1.165, 1.54) is 29.7 Å². The zero-order valence-corrected chi connectivity index (χ0v) is 23.9. The van der Waals surface area contributed by atoms with Gasteiger partial charge in [0.25, 0.3) is 6.47 Å². The lowest BCUT2D eigenvalue weighted by molar-refractivity contribution is -0.137. The number of thiazole rings is 1. The fraction of sp³-hybridized carbons (Fsp3) is 0.385. The van der Waals surface area contributed by atoms with Gasteiger partial charge in [-0.2, -0.15) is 13.2 Å². The first-order valence-electron chi connectivity index (χ1n) is 12.0. The summed E-state index contributed by atoms with van der Waals surface area (Å²) in [6.45, 7) is -0.250. The van der Waals surface area contributed by atoms with Crippen LogP contribution in [0.25, 0.3) is 0 Å². The number of hydrogen-bond acceptors (Lipinski definition) is 7. The van der Waals surface area contributed by atoms with E-state index >= 15 is 0 Å². The standard InChI is InChI=1S/C25H26ClF4N3O2S2.CH2O2/c1-33(2)22-11-16(15-4-3-5-17(10-15)25(28,29)30)6-7-20(22)32-21-13-19(27)23(12-18(21)26)37(34,35)14-24-31-8-9-36-24;2-1-3/h3-5,8-10,12-13,16,20,22,32H,6-7,11,14H2,1-2H3;1H,(H,2,3)/t16-,20-,22-;/m0./s1. The second-order valence-corrected chi connectivity index (χ2v) is 12.8. The quantitative estimate of drug-likeness (QED) is 0.236. The van der Waals surface area contributed by atoms with E-state index in [2.05, 4.69) is 10.3 Å². The van der Waals surface area contributed by atoms with Crippen molar-refractivity contribution in [2.45, 2.75) is 54.1 Å². The fourth-order valence-corrected chi connectivity index (χ4v) is 7.43. The average molecular weight is 622 g/mol. The van der Waals surface area contributed by atoms with E-state index < -0.39 is 38.0 Å². The molecule has 1 saturated carbocycles. The van der Waals surface area contributed by atoms with Gasteiger partial charge in [0.15, 0.2) is 9.84 Å². The number of nitrogens with zero attached hydrogens (tertiary/aromatic N) is 2. The van der Waals surface area contributed by atoms with Gasteiger partial charge in [0, 0.05) is 23.7 Å². The molecule has 0 spiro atoms. The van der Waals surface area contributed by atoms with Crippen LogP contribution in [0.1, 0.15) is 41.3 Å². The molecule has 0 saturated heterocycles. The molecule has 3 aromatic rings. The smallest absolute Gasteiger partial charge is 0.416 e. The number of nitrogens with one attached hydrogen (secondary N) is 1. The van der Waals surface area contributed by atoms with Gasteiger partial charge in [0.1, 0.15) is 21.5 Å². The maximum Gasteiger partial charge on any atom is 0.416 e. The summed E-state index contributed by atoms with van der Waals surface area (Å²) in [6, 6.07) is 7.37. The third-order valence-electron chi connectivity index (χ3n) is 6.66. The molecule has 14 heteroatoms. The van der Waals surface area contributed by atoms with Crippen LogP contribution in [0.4, 0.5) is 23.2 Å². The van der Waals surface area contributed by atoms with E-state index in [1.807, 2.05) is 19.0 Å². The number of sulfone groups is 1. The van der Waals surface area contributed by atoms with Gasteiger partial charge in [-0.3, -0.25) is 4.79 Å². The van der Waals surface area contributed by atoms with Crippen LogP contribution in [0.15, 0.2) is 52.9 Å². The van der Waals surface area contributed by atoms with Crippen LogP contribution in [-0.2, 0) is 26.6 Å². The number of hydrogen-bond donors (Lipinski definition) is 2. The van der Waals surface area contributed by atoms with Crippen LogP contribution in [0.5, 0.6) is 0 Å². The molecule has 2 aromatic carbocycles. The van der Waals surface area contributed by atoms with Gasteiger partial charge in [-0.05, 0) is 63.0 Å². The number of halogens is 5. The molecule has 1 aromatic heterocycles. The largest absolute Gasteiger partial charge is 0.483 e. The average Bonchev–Trinajstić information content (AvgIpc) is 3.38. The maximum absolute atomic E-state index is 15.0. The summed E-state index contributed by atoms with van der Waals surface area (Å²) in [4.78, 5) is 13.8. The molecule has 4 rings (SSSR count). The van der Waals surface area contributed by atoms with Crippen molar-refractivity contribution in [3.63, 3.8) is 0 Å². The number of carbonyl (C=O) groups is 1. The Morgan fingerprint density at radius 1 is 1.23 bits per heavy atom. The zero-order chi connectivity index (χ0) is 29.7. The van der Waals surface area contributed by atoms with E-state index in [0.29, 0.717) is 29.8 Å². The minimum absolute atomic E-state index is 0.0663. The Labute approximate surface area is 238 Å². The Bertz CT molecular complexity index is 1400. The SMILES string of the molecule is CN(C)[C@H]1C[C@@H](c2cccc(C(F)(F)F)c2)CC[C@@H]1Nc1cc(F)c(S(=O)(=O)Cc2nccs2)cc1Cl.O=CO. The molecule has 40 heavy (non-hydrogen) atoms. The summed E-state index contributed by atoms with van der Waals surface area (Å²) in [5.74, 6) is -1.41. The summed E-state index contributed by atoms with van der Waals surface area (Å²) >= 11 is 7.56. The minimum atomic E-state index is -4.41. The minimum Gasteiger partial charge on any atom is -0.483 e. The first-order valence-corrected chi connectivity index (χ1v) is 15.0. The van der Waals surface area contributed by atoms with Gasteiger partial charge in [-0.1, -0.05) is 29.8 Å². The molecular formula is C26H28ClF4N3O4S2. The molecule has 3 atom stereocenters. The molecule has 0 radical (unpaired) electrons. The molecule has 2 N–H and O–H groups in total. The predicted molar refractivity (Wildman–Crippen MR) is 146 cm³/mol. The topological polar surface area (TPSA) is 99.6 Å². The van der Waals surface area contributed by atoms with Crippen LogP contribution in [0, 0.1) is 5.82 Å². The van der Waals surface area contributed by atoms with Crippen molar-refractivity contribution in [2.75, 3.05) is 19.4 Å². The first kappa shape index (κ1) is 31.8. The van der Waals surface area contributed by atoms with Crippen molar-refractivity contribution >= 4 is 44.9 Å². The third kappa shape index (κ3) is 7.93. The van der Waals surface area contributed by atoms with Gasteiger partial charge in [-0.15, -0.1) is 11.3 Å². The zero-order valence-electron chi connectivity index (χ0n) is 21.5. The highest BCUT2D eigenvalue weighted by Gasteiger charge is 2.35. The summed E-state index contributed by atoms with van der Waals surface area (Å²) in [7, 11) is -0.231. The second-order valence-electron chi connectivity index (χ2n) is 9.47. The first-order chi connectivity index (χ1) is 18.8. The van der Waals surface area contributed by atoms with Crippen molar-refractivity contribution in [1.29, 1.82) is 0 Å². The van der Waals surface area contributed by atoms with E-state index in [-0.39, 0.29) is 35.2 Å². The molecule has 1 aliphatic rings. The lowest BCUT2D eigenvalue weighted by Gasteiger charge is -2.41. The van der Waals surface area contributed by atoms with Crippen LogP contribution in [0.3, 0.4) is 0 Å². The molecule has 0 amide bonds. The Kier molecular flexibility index (Phi) is 10.6. The highest BCUT2D eigenvalue weighted by molar-refractivity contribution is 7.90. The Balaban J connectivity index is 0.00000141. The normalized spacial score (nSPS) is 19.6. The number of benzene rings is 2. The van der Waals surface area contributed by atoms with Gasteiger partial charge >= 0.3 is 6.18 Å². The number of aromatic nitrogens is 1. The molecule has 1 heterocycles. The van der Waals surface area contributed by atoms with Crippen molar-refractivity contribution in [3.05, 3.63) is 74.9 Å². The number of carboxylic acid groups (broad SMARTS) is 1. The molecule has 218 valence electrons.